The Morgan fingerprint density at radius 2 is 0.579 bits per heavy atom. The molecule has 0 aromatic rings. The molecule has 14 atom stereocenters. The molecule has 0 bridgehead atoms. The van der Waals surface area contributed by atoms with E-state index < -0.39 is 0 Å². The van der Waals surface area contributed by atoms with Crippen molar-refractivity contribution in [1.29, 1.82) is 0 Å². The van der Waals surface area contributed by atoms with E-state index in [1.165, 1.54) is 89.9 Å². The second-order valence-electron chi connectivity index (χ2n) is 21.1. The summed E-state index contributed by atoms with van der Waals surface area (Å²) in [5.41, 5.74) is 0. The molecule has 0 aliphatic heterocycles. The number of aliphatic hydroxyl groups excluding tert-OH is 2. The van der Waals surface area contributed by atoms with Gasteiger partial charge in [-0.1, -0.05) is 122 Å². The largest absolute Gasteiger partial charge is 0.393 e. The molecule has 0 heterocycles. The summed E-state index contributed by atoms with van der Waals surface area (Å²) in [5, 5.41) is 19.5. The zero-order chi connectivity index (χ0) is 43.2. The number of rotatable bonds is 40. The molecule has 344 valence electrons. The fraction of sp³-hybridized carbons (Fsp3) is 1.00. The maximum Gasteiger partial charge on any atom is 0.160 e. The van der Waals surface area contributed by atoms with Crippen molar-refractivity contribution < 1.29 is 24.4 Å². The van der Waals surface area contributed by atoms with Crippen LogP contribution in [0.2, 0.25) is 0 Å². The van der Waals surface area contributed by atoms with E-state index in [1.807, 2.05) is 13.8 Å². The molecule has 5 heteroatoms. The van der Waals surface area contributed by atoms with Crippen molar-refractivity contribution in [2.45, 2.75) is 263 Å². The molecule has 14 unspecified atom stereocenters. The van der Waals surface area contributed by atoms with E-state index in [0.717, 1.165) is 100 Å². The van der Waals surface area contributed by atoms with Gasteiger partial charge < -0.3 is 24.4 Å². The molecule has 2 N–H and O–H groups in total. The molecule has 0 spiro atoms. The zero-order valence-electron chi connectivity index (χ0n) is 41.2. The van der Waals surface area contributed by atoms with Crippen molar-refractivity contribution in [1.82, 2.24) is 0 Å². The Hall–Kier alpha value is -0.200. The highest BCUT2D eigenvalue weighted by molar-refractivity contribution is 4.71. The third kappa shape index (κ3) is 35.1. The van der Waals surface area contributed by atoms with E-state index in [4.69, 9.17) is 14.2 Å². The SMILES string of the molecule is CCCCCOC(CCCC(C)CC(C)CC(C)CC(C)CC(C)CC(C)O)OC(CCCC(C)CC(C)CC(C)CC(C)CC(C)CC(C)O)OCCCCC. The fourth-order valence-electron chi connectivity index (χ4n) is 10.6. The average molecular weight is 811 g/mol. The van der Waals surface area contributed by atoms with Crippen LogP contribution in [-0.2, 0) is 14.2 Å². The Kier molecular flexibility index (Phi) is 35.3. The maximum absolute atomic E-state index is 9.76. The predicted molar refractivity (Wildman–Crippen MR) is 248 cm³/mol. The number of aliphatic hydroxyl groups is 2. The van der Waals surface area contributed by atoms with Crippen molar-refractivity contribution in [2.24, 2.45) is 59.2 Å². The van der Waals surface area contributed by atoms with Gasteiger partial charge in [0.25, 0.3) is 0 Å². The lowest BCUT2D eigenvalue weighted by molar-refractivity contribution is -0.250. The highest BCUT2D eigenvalue weighted by Crippen LogP contribution is 2.31. The van der Waals surface area contributed by atoms with Gasteiger partial charge in [0.2, 0.25) is 0 Å². The first-order valence-electron chi connectivity index (χ1n) is 25.2. The van der Waals surface area contributed by atoms with Crippen molar-refractivity contribution in [3.63, 3.8) is 0 Å². The van der Waals surface area contributed by atoms with Gasteiger partial charge >= 0.3 is 0 Å². The fourth-order valence-corrected chi connectivity index (χ4v) is 10.6. The molecule has 0 aromatic carbocycles. The number of ether oxygens (including phenoxy) is 3. The summed E-state index contributed by atoms with van der Waals surface area (Å²) >= 11 is 0. The molecule has 0 saturated carbocycles. The van der Waals surface area contributed by atoms with Crippen LogP contribution in [0, 0.1) is 59.2 Å². The van der Waals surface area contributed by atoms with Crippen LogP contribution in [-0.4, -0.2) is 48.2 Å². The first-order valence-corrected chi connectivity index (χ1v) is 25.2. The van der Waals surface area contributed by atoms with Crippen LogP contribution in [0.4, 0.5) is 0 Å². The van der Waals surface area contributed by atoms with Gasteiger partial charge in [-0.15, -0.1) is 0 Å². The Morgan fingerprint density at radius 3 is 0.842 bits per heavy atom. The third-order valence-corrected chi connectivity index (χ3v) is 12.6. The van der Waals surface area contributed by atoms with Gasteiger partial charge in [-0.05, 0) is 176 Å². The Labute approximate surface area is 358 Å². The summed E-state index contributed by atoms with van der Waals surface area (Å²) in [6, 6.07) is 0. The molecule has 57 heavy (non-hydrogen) atoms. The van der Waals surface area contributed by atoms with Crippen molar-refractivity contribution in [3.05, 3.63) is 0 Å². The van der Waals surface area contributed by atoms with Crippen molar-refractivity contribution in [3.8, 4) is 0 Å². The number of hydrogen-bond acceptors (Lipinski definition) is 5. The van der Waals surface area contributed by atoms with Gasteiger partial charge in [0.1, 0.15) is 0 Å². The summed E-state index contributed by atoms with van der Waals surface area (Å²) in [6.45, 7) is 34.0. The van der Waals surface area contributed by atoms with Crippen LogP contribution < -0.4 is 0 Å². The minimum atomic E-state index is -0.189. The minimum Gasteiger partial charge on any atom is -0.393 e. The van der Waals surface area contributed by atoms with Crippen molar-refractivity contribution >= 4 is 0 Å². The lowest BCUT2D eigenvalue weighted by Crippen LogP contribution is -2.28. The number of hydrogen-bond donors (Lipinski definition) is 2. The van der Waals surface area contributed by atoms with Gasteiger partial charge in [-0.2, -0.15) is 0 Å². The van der Waals surface area contributed by atoms with E-state index in [0.29, 0.717) is 23.7 Å². The third-order valence-electron chi connectivity index (χ3n) is 12.6. The quantitative estimate of drug-likeness (QED) is 0.0477. The molecular formula is C52H106O5. The lowest BCUT2D eigenvalue weighted by atomic mass is 9.82. The molecule has 0 aliphatic rings. The summed E-state index contributed by atoms with van der Waals surface area (Å²) in [5.74, 6) is 7.04. The monoisotopic (exact) mass is 811 g/mol. The maximum atomic E-state index is 9.76. The van der Waals surface area contributed by atoms with E-state index in [9.17, 15) is 10.2 Å². The predicted octanol–water partition coefficient (Wildman–Crippen LogP) is 15.4. The Morgan fingerprint density at radius 1 is 0.316 bits per heavy atom. The molecule has 0 radical (unpaired) electrons. The summed E-state index contributed by atoms with van der Waals surface area (Å²) in [7, 11) is 0. The van der Waals surface area contributed by atoms with Gasteiger partial charge in [0, 0.05) is 13.2 Å². The van der Waals surface area contributed by atoms with E-state index >= 15 is 0 Å². The van der Waals surface area contributed by atoms with Crippen LogP contribution in [0.25, 0.3) is 0 Å². The first-order chi connectivity index (χ1) is 26.9. The second-order valence-corrected chi connectivity index (χ2v) is 21.1. The number of unbranched alkanes of at least 4 members (excludes halogenated alkanes) is 4. The van der Waals surface area contributed by atoms with Gasteiger partial charge in [-0.25, -0.2) is 0 Å². The highest BCUT2D eigenvalue weighted by Gasteiger charge is 2.22. The van der Waals surface area contributed by atoms with Gasteiger partial charge in [0.05, 0.1) is 12.2 Å². The standard InChI is InChI=1S/C52H106O5/c1-15-17-19-27-55-51(25-21-23-39(3)29-41(5)31-43(7)33-45(9)35-47(11)37-49(13)53)57-52(56-28-20-18-16-2)26-22-24-40(4)30-42(6)32-44(8)34-46(10)36-48(12)38-50(14)54/h39-54H,15-38H2,1-14H3. The zero-order valence-corrected chi connectivity index (χ0v) is 41.2. The summed E-state index contributed by atoms with van der Waals surface area (Å²) < 4.78 is 19.7. The van der Waals surface area contributed by atoms with Gasteiger partial charge in [-0.3, -0.25) is 0 Å². The van der Waals surface area contributed by atoms with Crippen LogP contribution in [0.5, 0.6) is 0 Å². The van der Waals surface area contributed by atoms with Crippen LogP contribution in [0.1, 0.15) is 238 Å². The minimum absolute atomic E-state index is 0.184. The molecular weight excluding hydrogens is 705 g/mol. The Bertz CT molecular complexity index is 795. The second kappa shape index (κ2) is 35.4. The topological polar surface area (TPSA) is 68.2 Å². The van der Waals surface area contributed by atoms with Crippen LogP contribution in [0.3, 0.4) is 0 Å². The molecule has 0 fully saturated rings. The average Bonchev–Trinajstić information content (AvgIpc) is 3.06. The smallest absolute Gasteiger partial charge is 0.160 e. The molecule has 0 saturated heterocycles. The van der Waals surface area contributed by atoms with E-state index in [1.54, 1.807) is 0 Å². The normalized spacial score (nSPS) is 19.8. The van der Waals surface area contributed by atoms with Crippen molar-refractivity contribution in [2.75, 3.05) is 13.2 Å². The summed E-state index contributed by atoms with van der Waals surface area (Å²) in [4.78, 5) is 0. The highest BCUT2D eigenvalue weighted by atomic mass is 16.8. The lowest BCUT2D eigenvalue weighted by Gasteiger charge is -2.27. The van der Waals surface area contributed by atoms with E-state index in [-0.39, 0.29) is 24.8 Å². The van der Waals surface area contributed by atoms with Gasteiger partial charge in [0.15, 0.2) is 12.6 Å². The molecule has 0 aromatic heterocycles. The molecule has 5 nitrogen and oxygen atoms in total. The molecule has 0 rings (SSSR count). The van der Waals surface area contributed by atoms with Crippen LogP contribution >= 0.6 is 0 Å². The van der Waals surface area contributed by atoms with Crippen LogP contribution in [0.15, 0.2) is 0 Å². The Balaban J connectivity index is 5.01. The van der Waals surface area contributed by atoms with E-state index in [2.05, 4.69) is 83.1 Å². The molecule has 0 amide bonds. The summed E-state index contributed by atoms with van der Waals surface area (Å²) in [6.07, 6.45) is 24.9. The first kappa shape index (κ1) is 56.8. The molecule has 0 aliphatic carbocycles.